The molecule has 3 amide bonds. The SMILES string of the molecule is NC1CCC(NC(=O)c2ccc3c(c2)NC(=O)CC(C2CCCCC2)N3C(=O)c2cccs2)CC1. The third kappa shape index (κ3) is 5.28. The van der Waals surface area contributed by atoms with Crippen molar-refractivity contribution in [1.29, 1.82) is 0 Å². The van der Waals surface area contributed by atoms with Gasteiger partial charge in [-0.05, 0) is 74.1 Å². The quantitative estimate of drug-likeness (QED) is 0.574. The van der Waals surface area contributed by atoms with Gasteiger partial charge in [0, 0.05) is 30.1 Å². The fraction of sp³-hybridized carbons (Fsp3) is 0.519. The number of fused-ring (bicyclic) bond motifs is 1. The van der Waals surface area contributed by atoms with Crippen molar-refractivity contribution in [2.45, 2.75) is 82.3 Å². The lowest BCUT2D eigenvalue weighted by molar-refractivity contribution is -0.116. The Morgan fingerprint density at radius 3 is 2.51 bits per heavy atom. The highest BCUT2D eigenvalue weighted by Gasteiger charge is 2.38. The van der Waals surface area contributed by atoms with Gasteiger partial charge in [-0.1, -0.05) is 25.3 Å². The number of rotatable bonds is 4. The zero-order valence-corrected chi connectivity index (χ0v) is 20.8. The number of carbonyl (C=O) groups excluding carboxylic acids is 3. The Morgan fingerprint density at radius 2 is 1.80 bits per heavy atom. The first kappa shape index (κ1) is 24.0. The summed E-state index contributed by atoms with van der Waals surface area (Å²) in [5, 5.41) is 8.02. The minimum atomic E-state index is -0.197. The first-order chi connectivity index (χ1) is 17.0. The Hall–Kier alpha value is -2.71. The second-order valence-corrected chi connectivity index (χ2v) is 11.1. The minimum Gasteiger partial charge on any atom is -0.349 e. The Balaban J connectivity index is 1.46. The summed E-state index contributed by atoms with van der Waals surface area (Å²) in [5.41, 5.74) is 7.68. The van der Waals surface area contributed by atoms with Crippen LogP contribution in [0, 0.1) is 5.92 Å². The lowest BCUT2D eigenvalue weighted by Gasteiger charge is -2.37. The van der Waals surface area contributed by atoms with Gasteiger partial charge in [-0.25, -0.2) is 0 Å². The smallest absolute Gasteiger partial charge is 0.268 e. The van der Waals surface area contributed by atoms with E-state index < -0.39 is 0 Å². The van der Waals surface area contributed by atoms with Crippen molar-refractivity contribution in [2.75, 3.05) is 10.2 Å². The van der Waals surface area contributed by atoms with Gasteiger partial charge in [0.05, 0.1) is 16.3 Å². The summed E-state index contributed by atoms with van der Waals surface area (Å²) in [6.45, 7) is 0. The molecule has 4 N–H and O–H groups in total. The average molecular weight is 495 g/mol. The second kappa shape index (κ2) is 10.5. The van der Waals surface area contributed by atoms with Gasteiger partial charge in [0.15, 0.2) is 0 Å². The van der Waals surface area contributed by atoms with Gasteiger partial charge < -0.3 is 21.3 Å². The van der Waals surface area contributed by atoms with Crippen LogP contribution in [-0.4, -0.2) is 35.8 Å². The maximum atomic E-state index is 13.8. The molecule has 186 valence electrons. The van der Waals surface area contributed by atoms with Crippen molar-refractivity contribution in [1.82, 2.24) is 5.32 Å². The maximum absolute atomic E-state index is 13.8. The number of thiophene rings is 1. The summed E-state index contributed by atoms with van der Waals surface area (Å²) in [5.74, 6) is -0.0667. The van der Waals surface area contributed by atoms with Gasteiger partial charge in [-0.2, -0.15) is 0 Å². The molecule has 1 atom stereocenters. The Morgan fingerprint density at radius 1 is 1.03 bits per heavy atom. The van der Waals surface area contributed by atoms with Crippen molar-refractivity contribution in [3.05, 3.63) is 46.2 Å². The summed E-state index contributed by atoms with van der Waals surface area (Å²) < 4.78 is 0. The number of anilines is 2. The maximum Gasteiger partial charge on any atom is 0.268 e. The molecule has 1 aliphatic heterocycles. The Labute approximate surface area is 210 Å². The molecule has 8 heteroatoms. The van der Waals surface area contributed by atoms with Crippen LogP contribution in [0.3, 0.4) is 0 Å². The first-order valence-corrected chi connectivity index (χ1v) is 13.7. The molecule has 2 fully saturated rings. The average Bonchev–Trinajstić information content (AvgIpc) is 3.36. The Kier molecular flexibility index (Phi) is 7.20. The predicted octanol–water partition coefficient (Wildman–Crippen LogP) is 4.69. The zero-order valence-electron chi connectivity index (χ0n) is 20.0. The molecule has 35 heavy (non-hydrogen) atoms. The lowest BCUT2D eigenvalue weighted by Crippen LogP contribution is -2.45. The number of hydrogen-bond donors (Lipinski definition) is 3. The molecule has 1 unspecified atom stereocenters. The van der Waals surface area contributed by atoms with Crippen molar-refractivity contribution < 1.29 is 14.4 Å². The van der Waals surface area contributed by atoms with Crippen molar-refractivity contribution in [3.63, 3.8) is 0 Å². The van der Waals surface area contributed by atoms with E-state index in [-0.39, 0.29) is 48.2 Å². The molecule has 3 aliphatic rings. The van der Waals surface area contributed by atoms with E-state index in [2.05, 4.69) is 10.6 Å². The molecule has 0 saturated heterocycles. The number of nitrogens with zero attached hydrogens (tertiary/aromatic N) is 1. The van der Waals surface area contributed by atoms with Crippen LogP contribution in [0.1, 0.15) is 84.2 Å². The summed E-state index contributed by atoms with van der Waals surface area (Å²) >= 11 is 1.41. The third-order valence-electron chi connectivity index (χ3n) is 7.77. The number of hydrogen-bond acceptors (Lipinski definition) is 5. The molecule has 7 nitrogen and oxygen atoms in total. The van der Waals surface area contributed by atoms with Gasteiger partial charge in [-0.3, -0.25) is 14.4 Å². The molecule has 2 aliphatic carbocycles. The summed E-state index contributed by atoms with van der Waals surface area (Å²) in [4.78, 5) is 42.3. The highest BCUT2D eigenvalue weighted by Crippen LogP contribution is 2.40. The van der Waals surface area contributed by atoms with Gasteiger partial charge in [-0.15, -0.1) is 11.3 Å². The number of amides is 3. The van der Waals surface area contributed by atoms with Crippen molar-refractivity contribution in [3.8, 4) is 0 Å². The van der Waals surface area contributed by atoms with Crippen LogP contribution >= 0.6 is 11.3 Å². The van der Waals surface area contributed by atoms with E-state index in [4.69, 9.17) is 5.73 Å². The van der Waals surface area contributed by atoms with Crippen LogP contribution in [-0.2, 0) is 4.79 Å². The summed E-state index contributed by atoms with van der Waals surface area (Å²) in [7, 11) is 0. The molecular weight excluding hydrogens is 460 g/mol. The van der Waals surface area contributed by atoms with Crippen LogP contribution in [0.2, 0.25) is 0 Å². The predicted molar refractivity (Wildman–Crippen MR) is 139 cm³/mol. The highest BCUT2D eigenvalue weighted by molar-refractivity contribution is 7.12. The standard InChI is InChI=1S/C27H34N4O3S/c28-19-9-11-20(12-10-19)29-26(33)18-8-13-22-21(15-18)30-25(32)16-23(17-5-2-1-3-6-17)31(22)27(34)24-7-4-14-35-24/h4,7-8,13-15,17,19-20,23H,1-3,5-6,9-12,16,28H2,(H,29,33)(H,30,32). The van der Waals surface area contributed by atoms with Crippen molar-refractivity contribution >= 4 is 40.4 Å². The van der Waals surface area contributed by atoms with Crippen LogP contribution in [0.15, 0.2) is 35.7 Å². The first-order valence-electron chi connectivity index (χ1n) is 12.9. The monoisotopic (exact) mass is 494 g/mol. The summed E-state index contributed by atoms with van der Waals surface area (Å²) in [6.07, 6.45) is 9.34. The normalized spacial score (nSPS) is 25.3. The number of nitrogens with two attached hydrogens (primary N) is 1. The lowest BCUT2D eigenvalue weighted by atomic mass is 9.81. The molecule has 2 heterocycles. The van der Waals surface area contributed by atoms with E-state index >= 15 is 0 Å². The van der Waals surface area contributed by atoms with E-state index in [1.165, 1.54) is 17.8 Å². The number of carbonyl (C=O) groups is 3. The van der Waals surface area contributed by atoms with Crippen LogP contribution in [0.5, 0.6) is 0 Å². The molecule has 0 bridgehead atoms. The molecule has 0 spiro atoms. The molecule has 1 aromatic carbocycles. The molecule has 5 rings (SSSR count). The van der Waals surface area contributed by atoms with E-state index in [1.807, 2.05) is 28.5 Å². The van der Waals surface area contributed by atoms with E-state index in [0.717, 1.165) is 51.4 Å². The molecule has 0 radical (unpaired) electrons. The summed E-state index contributed by atoms with van der Waals surface area (Å²) in [6, 6.07) is 9.16. The topological polar surface area (TPSA) is 105 Å². The van der Waals surface area contributed by atoms with Gasteiger partial charge in [0.25, 0.3) is 11.8 Å². The van der Waals surface area contributed by atoms with Crippen molar-refractivity contribution in [2.24, 2.45) is 11.7 Å². The van der Waals surface area contributed by atoms with Gasteiger partial charge in [0.2, 0.25) is 5.91 Å². The van der Waals surface area contributed by atoms with Crippen LogP contribution < -0.4 is 21.3 Å². The van der Waals surface area contributed by atoms with E-state index in [9.17, 15) is 14.4 Å². The zero-order chi connectivity index (χ0) is 24.4. The number of benzene rings is 1. The largest absolute Gasteiger partial charge is 0.349 e. The van der Waals surface area contributed by atoms with Crippen LogP contribution in [0.25, 0.3) is 0 Å². The van der Waals surface area contributed by atoms with Gasteiger partial charge in [0.1, 0.15) is 0 Å². The minimum absolute atomic E-state index is 0.0796. The Bertz CT molecular complexity index is 1070. The molecule has 2 saturated carbocycles. The fourth-order valence-corrected chi connectivity index (χ4v) is 6.52. The number of nitrogens with one attached hydrogen (secondary N) is 2. The van der Waals surface area contributed by atoms with Crippen LogP contribution in [0.4, 0.5) is 11.4 Å². The fourth-order valence-electron chi connectivity index (χ4n) is 5.86. The molecule has 2 aromatic rings. The molecular formula is C27H34N4O3S. The highest BCUT2D eigenvalue weighted by atomic mass is 32.1. The van der Waals surface area contributed by atoms with Gasteiger partial charge >= 0.3 is 0 Å². The third-order valence-corrected chi connectivity index (χ3v) is 8.63. The second-order valence-electron chi connectivity index (χ2n) is 10.2. The molecule has 1 aromatic heterocycles. The van der Waals surface area contributed by atoms with E-state index in [0.29, 0.717) is 21.8 Å². The van der Waals surface area contributed by atoms with E-state index in [1.54, 1.807) is 12.1 Å².